The minimum Gasteiger partial charge on any atom is -0.269 e. The third-order valence-electron chi connectivity index (χ3n) is 2.00. The second kappa shape index (κ2) is 8.86. The van der Waals surface area contributed by atoms with Crippen LogP contribution < -0.4 is 0 Å². The van der Waals surface area contributed by atoms with Crippen LogP contribution in [0.1, 0.15) is 51.4 Å². The highest BCUT2D eigenvalue weighted by atomic mass is 19.0. The van der Waals surface area contributed by atoms with Crippen molar-refractivity contribution in [3.05, 3.63) is 0 Å². The molecule has 0 heterocycles. The molecule has 0 nitrogen and oxygen atoms in total. The largest absolute Gasteiger partial charge is 0.269 e. The van der Waals surface area contributed by atoms with Crippen LogP contribution in [0, 0.1) is 0 Å². The fraction of sp³-hybridized carbons (Fsp3) is 1.00. The van der Waals surface area contributed by atoms with E-state index in [2.05, 4.69) is 0 Å². The summed E-state index contributed by atoms with van der Waals surface area (Å²) in [7, 11) is 0. The van der Waals surface area contributed by atoms with Crippen LogP contribution in [-0.2, 0) is 0 Å². The van der Waals surface area contributed by atoms with Gasteiger partial charge < -0.3 is 0 Å². The summed E-state index contributed by atoms with van der Waals surface area (Å²) in [5.74, 6) is 0. The van der Waals surface area contributed by atoms with E-state index in [1.165, 1.54) is 51.4 Å². The SMILES string of the molecule is C1CCCCCCC1.F.F. The van der Waals surface area contributed by atoms with Gasteiger partial charge in [-0.3, -0.25) is 9.41 Å². The van der Waals surface area contributed by atoms with Crippen molar-refractivity contribution < 1.29 is 9.41 Å². The summed E-state index contributed by atoms with van der Waals surface area (Å²) < 4.78 is 0. The third kappa shape index (κ3) is 5.99. The smallest absolute Gasteiger partial charge is 0.0533 e. The summed E-state index contributed by atoms with van der Waals surface area (Å²) in [6.45, 7) is 0. The number of hydrogen-bond acceptors (Lipinski definition) is 0. The van der Waals surface area contributed by atoms with Crippen molar-refractivity contribution in [3.63, 3.8) is 0 Å². The summed E-state index contributed by atoms with van der Waals surface area (Å²) in [5.41, 5.74) is 0. The molecule has 0 bridgehead atoms. The lowest BCUT2D eigenvalue weighted by molar-refractivity contribution is 0.504. The molecule has 0 aliphatic heterocycles. The summed E-state index contributed by atoms with van der Waals surface area (Å²) in [6.07, 6.45) is 12.0. The molecule has 1 rings (SSSR count). The Morgan fingerprint density at radius 1 is 0.300 bits per heavy atom. The van der Waals surface area contributed by atoms with E-state index in [1.807, 2.05) is 0 Å². The van der Waals surface area contributed by atoms with Gasteiger partial charge in [-0.05, 0) is 0 Å². The van der Waals surface area contributed by atoms with Crippen molar-refractivity contribution in [2.75, 3.05) is 0 Å². The molecule has 1 fully saturated rings. The predicted molar refractivity (Wildman–Crippen MR) is 41.9 cm³/mol. The van der Waals surface area contributed by atoms with E-state index < -0.39 is 0 Å². The summed E-state index contributed by atoms with van der Waals surface area (Å²) in [4.78, 5) is 0. The van der Waals surface area contributed by atoms with Gasteiger partial charge in [-0.2, -0.15) is 0 Å². The number of hydrogen-bond donors (Lipinski definition) is 0. The van der Waals surface area contributed by atoms with Crippen LogP contribution in [-0.4, -0.2) is 0 Å². The van der Waals surface area contributed by atoms with Gasteiger partial charge in [-0.15, -0.1) is 0 Å². The molecule has 0 N–H and O–H groups in total. The minimum absolute atomic E-state index is 0. The van der Waals surface area contributed by atoms with E-state index in [0.717, 1.165) is 0 Å². The molecule has 0 saturated heterocycles. The maximum atomic E-state index is 1.50. The van der Waals surface area contributed by atoms with Gasteiger partial charge in [0.2, 0.25) is 0 Å². The molecule has 10 heavy (non-hydrogen) atoms. The van der Waals surface area contributed by atoms with E-state index >= 15 is 0 Å². The zero-order chi connectivity index (χ0) is 5.66. The van der Waals surface area contributed by atoms with Gasteiger partial charge in [0, 0.05) is 0 Å². The van der Waals surface area contributed by atoms with Crippen molar-refractivity contribution in [3.8, 4) is 0 Å². The lowest BCUT2D eigenvalue weighted by Crippen LogP contribution is -1.85. The number of halogens is 2. The average Bonchev–Trinajstić information content (AvgIpc) is 1.62. The molecule has 0 amide bonds. The third-order valence-corrected chi connectivity index (χ3v) is 2.00. The van der Waals surface area contributed by atoms with Gasteiger partial charge in [0.1, 0.15) is 0 Å². The lowest BCUT2D eigenvalue weighted by Gasteiger charge is -2.05. The normalized spacial score (nSPS) is 19.2. The van der Waals surface area contributed by atoms with Crippen LogP contribution in [0.15, 0.2) is 0 Å². The molecule has 0 aromatic carbocycles. The highest BCUT2D eigenvalue weighted by molar-refractivity contribution is 4.51. The molecule has 1 saturated carbocycles. The van der Waals surface area contributed by atoms with Crippen molar-refractivity contribution in [1.82, 2.24) is 0 Å². The maximum Gasteiger partial charge on any atom is -0.0533 e. The Morgan fingerprint density at radius 3 is 0.500 bits per heavy atom. The van der Waals surface area contributed by atoms with Crippen LogP contribution >= 0.6 is 0 Å². The Labute approximate surface area is 61.7 Å². The van der Waals surface area contributed by atoms with Gasteiger partial charge in [0.05, 0.1) is 0 Å². The Morgan fingerprint density at radius 2 is 0.400 bits per heavy atom. The van der Waals surface area contributed by atoms with Crippen LogP contribution in [0.4, 0.5) is 9.41 Å². The molecule has 64 valence electrons. The average molecular weight is 152 g/mol. The van der Waals surface area contributed by atoms with Crippen molar-refractivity contribution in [2.24, 2.45) is 0 Å². The number of rotatable bonds is 0. The van der Waals surface area contributed by atoms with E-state index in [1.54, 1.807) is 0 Å². The van der Waals surface area contributed by atoms with Crippen molar-refractivity contribution >= 4 is 0 Å². The van der Waals surface area contributed by atoms with Gasteiger partial charge in [-0.25, -0.2) is 0 Å². The molecule has 1 aliphatic rings. The van der Waals surface area contributed by atoms with Gasteiger partial charge in [0.25, 0.3) is 0 Å². The van der Waals surface area contributed by atoms with E-state index in [0.29, 0.717) is 0 Å². The molecule has 0 spiro atoms. The van der Waals surface area contributed by atoms with E-state index in [9.17, 15) is 0 Å². The van der Waals surface area contributed by atoms with Crippen molar-refractivity contribution in [1.29, 1.82) is 0 Å². The second-order valence-electron chi connectivity index (χ2n) is 2.83. The minimum atomic E-state index is 0. The molecule has 0 unspecified atom stereocenters. The quantitative estimate of drug-likeness (QED) is 0.499. The van der Waals surface area contributed by atoms with Crippen LogP contribution in [0.25, 0.3) is 0 Å². The standard InChI is InChI=1S/C8H16.2FH/c1-2-4-6-8-7-5-3-1;;/h1-8H2;2*1H. The van der Waals surface area contributed by atoms with E-state index in [-0.39, 0.29) is 9.41 Å². The summed E-state index contributed by atoms with van der Waals surface area (Å²) >= 11 is 0. The Balaban J connectivity index is 0. The van der Waals surface area contributed by atoms with Crippen LogP contribution in [0.2, 0.25) is 0 Å². The van der Waals surface area contributed by atoms with Crippen molar-refractivity contribution in [2.45, 2.75) is 51.4 Å². The second-order valence-corrected chi connectivity index (χ2v) is 2.83. The first-order chi connectivity index (χ1) is 4.00. The van der Waals surface area contributed by atoms with Crippen LogP contribution in [0.3, 0.4) is 0 Å². The zero-order valence-electron chi connectivity index (χ0n) is 6.47. The lowest BCUT2D eigenvalue weighted by atomic mass is 10.0. The first-order valence-corrected chi connectivity index (χ1v) is 4.00. The summed E-state index contributed by atoms with van der Waals surface area (Å²) in [6, 6.07) is 0. The van der Waals surface area contributed by atoms with E-state index in [4.69, 9.17) is 0 Å². The Hall–Kier alpha value is -0.140. The monoisotopic (exact) mass is 152 g/mol. The van der Waals surface area contributed by atoms with Gasteiger partial charge in [-0.1, -0.05) is 51.4 Å². The zero-order valence-corrected chi connectivity index (χ0v) is 6.47. The fourth-order valence-electron chi connectivity index (χ4n) is 1.41. The first kappa shape index (κ1) is 12.5. The molecule has 2 heteroatoms. The molecular formula is C8H18F2. The molecule has 0 aromatic rings. The molecule has 1 aliphatic carbocycles. The van der Waals surface area contributed by atoms with Gasteiger partial charge in [0.15, 0.2) is 0 Å². The first-order valence-electron chi connectivity index (χ1n) is 4.00. The highest BCUT2D eigenvalue weighted by Gasteiger charge is 1.95. The molecule has 0 radical (unpaired) electrons. The molecule has 0 aromatic heterocycles. The topological polar surface area (TPSA) is 0 Å². The fourth-order valence-corrected chi connectivity index (χ4v) is 1.41. The Kier molecular flexibility index (Phi) is 11.1. The van der Waals surface area contributed by atoms with Gasteiger partial charge >= 0.3 is 0 Å². The highest BCUT2D eigenvalue weighted by Crippen LogP contribution is 2.15. The maximum absolute atomic E-state index is 1.50. The Bertz CT molecular complexity index is 31.2. The van der Waals surface area contributed by atoms with Crippen LogP contribution in [0.5, 0.6) is 0 Å². The summed E-state index contributed by atoms with van der Waals surface area (Å²) in [5, 5.41) is 0. The molecular weight excluding hydrogens is 134 g/mol. The predicted octanol–water partition coefficient (Wildman–Crippen LogP) is 3.43. The molecule has 0 atom stereocenters.